The molecule has 0 fully saturated rings. The van der Waals surface area contributed by atoms with Gasteiger partial charge in [0.2, 0.25) is 0 Å². The molecule has 1 aromatic heterocycles. The number of nitrogens with zero attached hydrogens (tertiary/aromatic N) is 2. The van der Waals surface area contributed by atoms with Gasteiger partial charge < -0.3 is 24.7 Å². The average Bonchev–Trinajstić information content (AvgIpc) is 3.04. The predicted octanol–water partition coefficient (Wildman–Crippen LogP) is 2.57. The van der Waals surface area contributed by atoms with Crippen LogP contribution in [0, 0.1) is 0 Å². The van der Waals surface area contributed by atoms with Crippen molar-refractivity contribution in [2.45, 2.75) is 6.54 Å². The van der Waals surface area contributed by atoms with Gasteiger partial charge in [-0.1, -0.05) is 0 Å². The molecule has 0 saturated heterocycles. The van der Waals surface area contributed by atoms with Gasteiger partial charge in [0.15, 0.2) is 11.5 Å². The lowest BCUT2D eigenvalue weighted by Gasteiger charge is -2.13. The Bertz CT molecular complexity index is 951. The standard InChI is InChI=1S/C18H19N3O5/c1-23-13-6-4-12(15(8-13)24-2)10-21-16-11(9-20-21)5-7-14(17(16)25-3)26-18(19)22/h4-9H,10H2,1-3H3,(H2,19,22). The summed E-state index contributed by atoms with van der Waals surface area (Å²) >= 11 is 0. The van der Waals surface area contributed by atoms with E-state index in [1.54, 1.807) is 43.3 Å². The summed E-state index contributed by atoms with van der Waals surface area (Å²) in [4.78, 5) is 11.1. The van der Waals surface area contributed by atoms with Gasteiger partial charge in [-0.25, -0.2) is 4.79 Å². The first-order chi connectivity index (χ1) is 12.6. The number of rotatable bonds is 6. The summed E-state index contributed by atoms with van der Waals surface area (Å²) in [6.45, 7) is 0.424. The van der Waals surface area contributed by atoms with Crippen molar-refractivity contribution in [3.63, 3.8) is 0 Å². The molecule has 0 radical (unpaired) electrons. The lowest BCUT2D eigenvalue weighted by molar-refractivity contribution is 0.209. The summed E-state index contributed by atoms with van der Waals surface area (Å²) < 4.78 is 22.9. The number of amides is 1. The van der Waals surface area contributed by atoms with E-state index in [2.05, 4.69) is 5.10 Å². The third-order valence-corrected chi connectivity index (χ3v) is 3.95. The van der Waals surface area contributed by atoms with E-state index >= 15 is 0 Å². The number of ether oxygens (including phenoxy) is 4. The summed E-state index contributed by atoms with van der Waals surface area (Å²) in [6.07, 6.45) is 0.799. The zero-order chi connectivity index (χ0) is 18.7. The number of hydrogen-bond donors (Lipinski definition) is 1. The molecule has 8 nitrogen and oxygen atoms in total. The Balaban J connectivity index is 2.07. The van der Waals surface area contributed by atoms with E-state index < -0.39 is 6.09 Å². The first kappa shape index (κ1) is 17.4. The summed E-state index contributed by atoms with van der Waals surface area (Å²) in [6, 6.07) is 8.96. The molecule has 2 N–H and O–H groups in total. The predicted molar refractivity (Wildman–Crippen MR) is 95.1 cm³/mol. The Hall–Kier alpha value is -3.42. The molecule has 136 valence electrons. The zero-order valence-electron chi connectivity index (χ0n) is 14.7. The van der Waals surface area contributed by atoms with Gasteiger partial charge in [0, 0.05) is 17.0 Å². The Labute approximate surface area is 150 Å². The van der Waals surface area contributed by atoms with Gasteiger partial charge >= 0.3 is 6.09 Å². The summed E-state index contributed by atoms with van der Waals surface area (Å²) in [7, 11) is 4.69. The van der Waals surface area contributed by atoms with Crippen LogP contribution in [0.1, 0.15) is 5.56 Å². The molecule has 0 unspecified atom stereocenters. The van der Waals surface area contributed by atoms with E-state index in [0.717, 1.165) is 10.9 Å². The van der Waals surface area contributed by atoms with E-state index in [1.165, 1.54) is 7.11 Å². The van der Waals surface area contributed by atoms with Crippen molar-refractivity contribution in [2.75, 3.05) is 21.3 Å². The van der Waals surface area contributed by atoms with Gasteiger partial charge in [0.25, 0.3) is 0 Å². The highest BCUT2D eigenvalue weighted by Gasteiger charge is 2.17. The molecule has 0 spiro atoms. The molecule has 3 aromatic rings. The van der Waals surface area contributed by atoms with Crippen LogP contribution in [-0.4, -0.2) is 37.2 Å². The van der Waals surface area contributed by atoms with Crippen molar-refractivity contribution in [1.82, 2.24) is 9.78 Å². The van der Waals surface area contributed by atoms with Gasteiger partial charge in [-0.15, -0.1) is 0 Å². The summed E-state index contributed by atoms with van der Waals surface area (Å²) in [5.41, 5.74) is 6.72. The summed E-state index contributed by atoms with van der Waals surface area (Å²) in [5.74, 6) is 1.99. The molecule has 3 rings (SSSR count). The van der Waals surface area contributed by atoms with E-state index in [1.807, 2.05) is 12.1 Å². The Morgan fingerprint density at radius 1 is 1.08 bits per heavy atom. The van der Waals surface area contributed by atoms with Gasteiger partial charge in [0.05, 0.1) is 34.1 Å². The minimum atomic E-state index is -0.912. The average molecular weight is 357 g/mol. The number of carbonyl (C=O) groups excluding carboxylic acids is 1. The van der Waals surface area contributed by atoms with Crippen LogP contribution in [0.3, 0.4) is 0 Å². The van der Waals surface area contributed by atoms with Crippen LogP contribution in [0.25, 0.3) is 10.9 Å². The van der Waals surface area contributed by atoms with Gasteiger partial charge in [-0.2, -0.15) is 5.10 Å². The second-order valence-corrected chi connectivity index (χ2v) is 5.44. The van der Waals surface area contributed by atoms with E-state index in [4.69, 9.17) is 24.7 Å². The van der Waals surface area contributed by atoms with E-state index in [9.17, 15) is 4.79 Å². The highest BCUT2D eigenvalue weighted by atomic mass is 16.6. The molecular weight excluding hydrogens is 338 g/mol. The number of methoxy groups -OCH3 is 3. The molecule has 0 saturated carbocycles. The second kappa shape index (κ2) is 7.22. The zero-order valence-corrected chi connectivity index (χ0v) is 14.7. The fourth-order valence-corrected chi connectivity index (χ4v) is 2.78. The SMILES string of the molecule is COc1ccc(Cn2ncc3ccc(OC(N)=O)c(OC)c32)c(OC)c1. The van der Waals surface area contributed by atoms with Crippen molar-refractivity contribution in [3.05, 3.63) is 42.1 Å². The van der Waals surface area contributed by atoms with Gasteiger partial charge in [-0.3, -0.25) is 4.68 Å². The van der Waals surface area contributed by atoms with Crippen molar-refractivity contribution in [2.24, 2.45) is 5.73 Å². The maximum atomic E-state index is 11.1. The Morgan fingerprint density at radius 2 is 1.88 bits per heavy atom. The molecule has 1 heterocycles. The lowest BCUT2D eigenvalue weighted by atomic mass is 10.1. The molecule has 8 heteroatoms. The van der Waals surface area contributed by atoms with Crippen LogP contribution in [0.2, 0.25) is 0 Å². The largest absolute Gasteiger partial charge is 0.497 e. The molecule has 26 heavy (non-hydrogen) atoms. The van der Waals surface area contributed by atoms with Crippen LogP contribution in [-0.2, 0) is 6.54 Å². The molecule has 0 bridgehead atoms. The number of primary amides is 1. The molecule has 0 aliphatic rings. The minimum Gasteiger partial charge on any atom is -0.497 e. The van der Waals surface area contributed by atoms with Crippen LogP contribution >= 0.6 is 0 Å². The first-order valence-corrected chi connectivity index (χ1v) is 7.78. The van der Waals surface area contributed by atoms with Crippen LogP contribution in [0.4, 0.5) is 4.79 Å². The molecule has 0 atom stereocenters. The lowest BCUT2D eigenvalue weighted by Crippen LogP contribution is -2.16. The number of fused-ring (bicyclic) bond motifs is 1. The molecular formula is C18H19N3O5. The van der Waals surface area contributed by atoms with Gasteiger partial charge in [-0.05, 0) is 24.3 Å². The molecule has 2 aromatic carbocycles. The normalized spacial score (nSPS) is 10.6. The number of nitrogens with two attached hydrogens (primary N) is 1. The Morgan fingerprint density at radius 3 is 2.54 bits per heavy atom. The molecule has 0 aliphatic heterocycles. The highest BCUT2D eigenvalue weighted by Crippen LogP contribution is 2.36. The number of benzene rings is 2. The number of carbonyl (C=O) groups is 1. The number of hydrogen-bond acceptors (Lipinski definition) is 6. The highest BCUT2D eigenvalue weighted by molar-refractivity contribution is 5.88. The topological polar surface area (TPSA) is 97.8 Å². The number of aromatic nitrogens is 2. The third kappa shape index (κ3) is 3.21. The van der Waals surface area contributed by atoms with Crippen molar-refractivity contribution in [3.8, 4) is 23.0 Å². The van der Waals surface area contributed by atoms with Crippen molar-refractivity contribution >= 4 is 17.0 Å². The summed E-state index contributed by atoms with van der Waals surface area (Å²) in [5, 5.41) is 5.25. The van der Waals surface area contributed by atoms with Crippen LogP contribution < -0.4 is 24.7 Å². The quantitative estimate of drug-likeness (QED) is 0.728. The Kier molecular flexibility index (Phi) is 4.83. The minimum absolute atomic E-state index is 0.232. The van der Waals surface area contributed by atoms with Crippen molar-refractivity contribution < 1.29 is 23.7 Å². The van der Waals surface area contributed by atoms with Crippen LogP contribution in [0.5, 0.6) is 23.0 Å². The first-order valence-electron chi connectivity index (χ1n) is 7.78. The van der Waals surface area contributed by atoms with Gasteiger partial charge in [0.1, 0.15) is 17.0 Å². The van der Waals surface area contributed by atoms with Crippen molar-refractivity contribution in [1.29, 1.82) is 0 Å². The van der Waals surface area contributed by atoms with E-state index in [-0.39, 0.29) is 5.75 Å². The monoisotopic (exact) mass is 357 g/mol. The maximum Gasteiger partial charge on any atom is 0.410 e. The molecule has 1 amide bonds. The fourth-order valence-electron chi connectivity index (χ4n) is 2.78. The maximum absolute atomic E-state index is 11.1. The third-order valence-electron chi connectivity index (χ3n) is 3.95. The second-order valence-electron chi connectivity index (χ2n) is 5.44. The van der Waals surface area contributed by atoms with E-state index in [0.29, 0.717) is 29.3 Å². The smallest absolute Gasteiger partial charge is 0.410 e. The van der Waals surface area contributed by atoms with Crippen LogP contribution in [0.15, 0.2) is 36.5 Å². The molecule has 0 aliphatic carbocycles. The fraction of sp³-hybridized carbons (Fsp3) is 0.222.